The lowest BCUT2D eigenvalue weighted by Gasteiger charge is -2.27. The van der Waals surface area contributed by atoms with Crippen molar-refractivity contribution in [2.24, 2.45) is 5.10 Å². The van der Waals surface area contributed by atoms with Crippen LogP contribution in [0.2, 0.25) is 0 Å². The second-order valence-electron chi connectivity index (χ2n) is 8.48. The first-order chi connectivity index (χ1) is 17.9. The summed E-state index contributed by atoms with van der Waals surface area (Å²) < 4.78 is 37.9. The van der Waals surface area contributed by atoms with E-state index in [4.69, 9.17) is 9.47 Å². The molecule has 1 aliphatic rings. The molecule has 7 nitrogen and oxygen atoms in total. The van der Waals surface area contributed by atoms with Crippen LogP contribution in [0.15, 0.2) is 77.9 Å². The van der Waals surface area contributed by atoms with Gasteiger partial charge in [-0.05, 0) is 42.0 Å². The van der Waals surface area contributed by atoms with Gasteiger partial charge in [-0.25, -0.2) is 13.8 Å². The molecule has 0 radical (unpaired) electrons. The van der Waals surface area contributed by atoms with Crippen LogP contribution >= 0.6 is 0 Å². The van der Waals surface area contributed by atoms with Gasteiger partial charge in [-0.3, -0.25) is 9.59 Å². The predicted molar refractivity (Wildman–Crippen MR) is 134 cm³/mol. The summed E-state index contributed by atoms with van der Waals surface area (Å²) >= 11 is 0. The van der Waals surface area contributed by atoms with E-state index in [1.165, 1.54) is 47.4 Å². The molecule has 0 saturated carbocycles. The highest BCUT2D eigenvalue weighted by molar-refractivity contribution is 6.03. The van der Waals surface area contributed by atoms with Gasteiger partial charge in [0.15, 0.2) is 0 Å². The molecule has 0 N–H and O–H groups in total. The summed E-state index contributed by atoms with van der Waals surface area (Å²) in [6.07, 6.45) is 0.369. The number of hydrogen-bond acceptors (Lipinski definition) is 5. The van der Waals surface area contributed by atoms with Crippen LogP contribution in [0.4, 0.5) is 8.78 Å². The maximum absolute atomic E-state index is 13.8. The summed E-state index contributed by atoms with van der Waals surface area (Å²) in [5, 5.41) is 5.94. The minimum atomic E-state index is -0.548. The molecule has 37 heavy (non-hydrogen) atoms. The Morgan fingerprint density at radius 3 is 2.46 bits per heavy atom. The molecule has 0 saturated heterocycles. The first-order valence-electron chi connectivity index (χ1n) is 11.7. The van der Waals surface area contributed by atoms with Crippen LogP contribution in [0.1, 0.15) is 33.9 Å². The van der Waals surface area contributed by atoms with Crippen LogP contribution in [0.3, 0.4) is 0 Å². The third kappa shape index (κ3) is 6.00. The van der Waals surface area contributed by atoms with Crippen molar-refractivity contribution in [2.45, 2.75) is 12.5 Å². The maximum atomic E-state index is 13.8. The van der Waals surface area contributed by atoms with E-state index in [0.29, 0.717) is 23.4 Å². The normalized spacial score (nSPS) is 14.9. The monoisotopic (exact) mass is 507 g/mol. The standard InChI is InChI=1S/C28H27F2N3O4/c1-36-15-14-32(28(35)20-6-5-7-22(30)16-20)18-27(34)33-25(23-8-3-4-9-26(23)37-2)17-24(31-33)19-10-12-21(29)13-11-19/h3-13,16,25H,14-15,17-18H2,1-2H3. The van der Waals surface area contributed by atoms with Crippen molar-refractivity contribution in [2.75, 3.05) is 33.9 Å². The Kier molecular flexibility index (Phi) is 8.25. The zero-order valence-corrected chi connectivity index (χ0v) is 20.6. The van der Waals surface area contributed by atoms with Crippen molar-refractivity contribution >= 4 is 17.5 Å². The molecule has 3 aromatic carbocycles. The molecule has 0 bridgehead atoms. The van der Waals surface area contributed by atoms with Gasteiger partial charge in [-0.2, -0.15) is 5.10 Å². The number of para-hydroxylation sites is 1. The number of hydrazone groups is 1. The number of hydrogen-bond donors (Lipinski definition) is 0. The van der Waals surface area contributed by atoms with E-state index in [9.17, 15) is 18.4 Å². The number of methoxy groups -OCH3 is 2. The number of benzene rings is 3. The SMILES string of the molecule is COCCN(CC(=O)N1N=C(c2ccc(F)cc2)CC1c1ccccc1OC)C(=O)c1cccc(F)c1. The lowest BCUT2D eigenvalue weighted by molar-refractivity contribution is -0.133. The summed E-state index contributed by atoms with van der Waals surface area (Å²) in [6.45, 7) is 0.0121. The van der Waals surface area contributed by atoms with E-state index in [0.717, 1.165) is 11.6 Å². The van der Waals surface area contributed by atoms with Gasteiger partial charge < -0.3 is 14.4 Å². The Morgan fingerprint density at radius 1 is 1.00 bits per heavy atom. The summed E-state index contributed by atoms with van der Waals surface area (Å²) in [4.78, 5) is 28.1. The molecule has 4 rings (SSSR count). The van der Waals surface area contributed by atoms with E-state index in [1.54, 1.807) is 25.3 Å². The fourth-order valence-electron chi connectivity index (χ4n) is 4.23. The molecule has 3 aromatic rings. The molecule has 0 fully saturated rings. The first-order valence-corrected chi connectivity index (χ1v) is 11.7. The van der Waals surface area contributed by atoms with Gasteiger partial charge in [-0.1, -0.05) is 36.4 Å². The van der Waals surface area contributed by atoms with Gasteiger partial charge in [0, 0.05) is 31.2 Å². The third-order valence-corrected chi connectivity index (χ3v) is 6.09. The van der Waals surface area contributed by atoms with Crippen molar-refractivity contribution in [3.8, 4) is 5.75 Å². The van der Waals surface area contributed by atoms with Gasteiger partial charge >= 0.3 is 0 Å². The number of carbonyl (C=O) groups is 2. The Labute approximate surface area is 213 Å². The molecule has 1 aliphatic heterocycles. The molecule has 0 aliphatic carbocycles. The number of rotatable bonds is 9. The van der Waals surface area contributed by atoms with Crippen molar-refractivity contribution in [3.05, 3.63) is 101 Å². The number of nitrogens with zero attached hydrogens (tertiary/aromatic N) is 3. The van der Waals surface area contributed by atoms with Gasteiger partial charge in [0.25, 0.3) is 11.8 Å². The van der Waals surface area contributed by atoms with Crippen LogP contribution in [0.25, 0.3) is 0 Å². The summed E-state index contributed by atoms with van der Waals surface area (Å²) in [5.74, 6) is -1.27. The highest BCUT2D eigenvalue weighted by atomic mass is 19.1. The van der Waals surface area contributed by atoms with Crippen molar-refractivity contribution in [1.29, 1.82) is 0 Å². The van der Waals surface area contributed by atoms with Gasteiger partial charge in [-0.15, -0.1) is 0 Å². The molecule has 9 heteroatoms. The smallest absolute Gasteiger partial charge is 0.262 e. The molecule has 0 spiro atoms. The van der Waals surface area contributed by atoms with E-state index < -0.39 is 23.7 Å². The lowest BCUT2D eigenvalue weighted by atomic mass is 9.97. The quantitative estimate of drug-likeness (QED) is 0.429. The highest BCUT2D eigenvalue weighted by Crippen LogP contribution is 2.37. The van der Waals surface area contributed by atoms with Gasteiger partial charge in [0.1, 0.15) is 23.9 Å². The lowest BCUT2D eigenvalue weighted by Crippen LogP contribution is -2.42. The molecular formula is C28H27F2N3O4. The Balaban J connectivity index is 1.66. The van der Waals surface area contributed by atoms with Crippen molar-refractivity contribution in [3.63, 3.8) is 0 Å². The predicted octanol–water partition coefficient (Wildman–Crippen LogP) is 4.44. The number of amides is 2. The molecule has 1 heterocycles. The fraction of sp³-hybridized carbons (Fsp3) is 0.250. The van der Waals surface area contributed by atoms with Gasteiger partial charge in [0.05, 0.1) is 25.5 Å². The number of carbonyl (C=O) groups excluding carboxylic acids is 2. The molecular weight excluding hydrogens is 480 g/mol. The average molecular weight is 508 g/mol. The molecule has 2 amide bonds. The topological polar surface area (TPSA) is 71.4 Å². The molecule has 192 valence electrons. The summed E-state index contributed by atoms with van der Waals surface area (Å²) in [7, 11) is 3.04. The first kappa shape index (κ1) is 26.0. The second kappa shape index (κ2) is 11.7. The molecule has 0 aromatic heterocycles. The third-order valence-electron chi connectivity index (χ3n) is 6.09. The zero-order chi connectivity index (χ0) is 26.4. The van der Waals surface area contributed by atoms with Crippen LogP contribution in [-0.2, 0) is 9.53 Å². The van der Waals surface area contributed by atoms with Crippen LogP contribution in [-0.4, -0.2) is 61.4 Å². The van der Waals surface area contributed by atoms with Crippen LogP contribution in [0, 0.1) is 11.6 Å². The Bertz CT molecular complexity index is 1300. The van der Waals surface area contributed by atoms with Crippen LogP contribution in [0.5, 0.6) is 5.75 Å². The summed E-state index contributed by atoms with van der Waals surface area (Å²) in [6, 6.07) is 18.0. The van der Waals surface area contributed by atoms with Crippen molar-refractivity contribution in [1.82, 2.24) is 9.91 Å². The minimum Gasteiger partial charge on any atom is -0.496 e. The van der Waals surface area contributed by atoms with E-state index in [2.05, 4.69) is 5.10 Å². The average Bonchev–Trinajstić information content (AvgIpc) is 3.36. The molecule has 1 atom stereocenters. The zero-order valence-electron chi connectivity index (χ0n) is 20.6. The summed E-state index contributed by atoms with van der Waals surface area (Å²) in [5.41, 5.74) is 2.16. The maximum Gasteiger partial charge on any atom is 0.262 e. The minimum absolute atomic E-state index is 0.124. The fourth-order valence-corrected chi connectivity index (χ4v) is 4.23. The molecule has 1 unspecified atom stereocenters. The second-order valence-corrected chi connectivity index (χ2v) is 8.48. The van der Waals surface area contributed by atoms with E-state index >= 15 is 0 Å². The number of ether oxygens (including phenoxy) is 2. The number of halogens is 2. The van der Waals surface area contributed by atoms with E-state index in [1.807, 2.05) is 18.2 Å². The van der Waals surface area contributed by atoms with Crippen LogP contribution < -0.4 is 4.74 Å². The largest absolute Gasteiger partial charge is 0.496 e. The van der Waals surface area contributed by atoms with Crippen molar-refractivity contribution < 1.29 is 27.8 Å². The highest BCUT2D eigenvalue weighted by Gasteiger charge is 2.36. The van der Waals surface area contributed by atoms with Gasteiger partial charge in [0.2, 0.25) is 0 Å². The van der Waals surface area contributed by atoms with E-state index in [-0.39, 0.29) is 31.1 Å². The Hall–Kier alpha value is -4.11. The Morgan fingerprint density at radius 2 is 1.76 bits per heavy atom.